The third-order valence-corrected chi connectivity index (χ3v) is 2.36. The van der Waals surface area contributed by atoms with E-state index in [-0.39, 0.29) is 0 Å². The fourth-order valence-corrected chi connectivity index (χ4v) is 1.66. The zero-order chi connectivity index (χ0) is 8.97. The summed E-state index contributed by atoms with van der Waals surface area (Å²) in [6.07, 6.45) is 4.09. The molecule has 0 aliphatic rings. The largest absolute Gasteiger partial charge is 0.244 e. The summed E-state index contributed by atoms with van der Waals surface area (Å²) in [6.45, 7) is 4.37. The molecule has 0 N–H and O–H groups in total. The Morgan fingerprint density at radius 1 is 1.58 bits per heavy atom. The minimum atomic E-state index is 0.524. The second-order valence-corrected chi connectivity index (χ2v) is 3.43. The van der Waals surface area contributed by atoms with Gasteiger partial charge < -0.3 is 0 Å². The fraction of sp³-hybridized carbons (Fsp3) is 0.500. The molecule has 1 aromatic rings. The molecule has 1 atom stereocenters. The first kappa shape index (κ1) is 9.53. The predicted octanol–water partition coefficient (Wildman–Crippen LogP) is 3.64. The number of nitrogens with zero attached hydrogens (tertiary/aromatic N) is 1. The highest BCUT2D eigenvalue weighted by Gasteiger charge is 2.07. The highest BCUT2D eigenvalue weighted by atomic mass is 35.5. The zero-order valence-electron chi connectivity index (χ0n) is 7.55. The first-order valence-corrected chi connectivity index (χ1v) is 4.74. The van der Waals surface area contributed by atoms with Gasteiger partial charge in [0.15, 0.2) is 0 Å². The van der Waals surface area contributed by atoms with Gasteiger partial charge in [-0.15, -0.1) is 0 Å². The van der Waals surface area contributed by atoms with Crippen molar-refractivity contribution < 1.29 is 0 Å². The van der Waals surface area contributed by atoms with Gasteiger partial charge in [0.25, 0.3) is 0 Å². The SMILES string of the molecule is CCCC(C)c1cccnc1Cl. The van der Waals surface area contributed by atoms with Gasteiger partial charge in [0.1, 0.15) is 5.15 Å². The summed E-state index contributed by atoms with van der Waals surface area (Å²) in [6, 6.07) is 3.99. The van der Waals surface area contributed by atoms with Crippen molar-refractivity contribution in [2.75, 3.05) is 0 Å². The second-order valence-electron chi connectivity index (χ2n) is 3.07. The second kappa shape index (κ2) is 4.46. The predicted molar refractivity (Wildman–Crippen MR) is 52.6 cm³/mol. The van der Waals surface area contributed by atoms with Crippen molar-refractivity contribution in [3.63, 3.8) is 0 Å². The molecule has 0 aliphatic heterocycles. The molecule has 12 heavy (non-hydrogen) atoms. The van der Waals surface area contributed by atoms with E-state index >= 15 is 0 Å². The van der Waals surface area contributed by atoms with Crippen LogP contribution in [-0.4, -0.2) is 4.98 Å². The Bertz CT molecular complexity index is 247. The lowest BCUT2D eigenvalue weighted by atomic mass is 9.98. The molecule has 1 aromatic heterocycles. The lowest BCUT2D eigenvalue weighted by molar-refractivity contribution is 0.663. The molecule has 0 saturated heterocycles. The van der Waals surface area contributed by atoms with Crippen molar-refractivity contribution >= 4 is 11.6 Å². The normalized spacial score (nSPS) is 12.9. The van der Waals surface area contributed by atoms with Gasteiger partial charge in [0, 0.05) is 6.20 Å². The molecule has 1 heterocycles. The summed E-state index contributed by atoms with van der Waals surface area (Å²) in [4.78, 5) is 4.05. The molecule has 0 fully saturated rings. The van der Waals surface area contributed by atoms with Crippen molar-refractivity contribution in [1.29, 1.82) is 0 Å². The molecule has 0 radical (unpaired) electrons. The van der Waals surface area contributed by atoms with Crippen LogP contribution < -0.4 is 0 Å². The maximum absolute atomic E-state index is 5.94. The molecular weight excluding hydrogens is 170 g/mol. The smallest absolute Gasteiger partial charge is 0.132 e. The quantitative estimate of drug-likeness (QED) is 0.652. The van der Waals surface area contributed by atoms with Gasteiger partial charge in [-0.25, -0.2) is 4.98 Å². The number of pyridine rings is 1. The van der Waals surface area contributed by atoms with Crippen LogP contribution in [-0.2, 0) is 0 Å². The Labute approximate surface area is 78.8 Å². The summed E-state index contributed by atoms with van der Waals surface area (Å²) < 4.78 is 0. The molecule has 0 saturated carbocycles. The highest BCUT2D eigenvalue weighted by molar-refractivity contribution is 6.30. The Morgan fingerprint density at radius 2 is 2.33 bits per heavy atom. The molecule has 0 spiro atoms. The van der Waals surface area contributed by atoms with E-state index in [1.165, 1.54) is 18.4 Å². The summed E-state index contributed by atoms with van der Waals surface area (Å²) in [7, 11) is 0. The van der Waals surface area contributed by atoms with E-state index in [2.05, 4.69) is 24.9 Å². The van der Waals surface area contributed by atoms with Crippen LogP contribution >= 0.6 is 11.6 Å². The monoisotopic (exact) mass is 183 g/mol. The summed E-state index contributed by atoms with van der Waals surface area (Å²) in [5.41, 5.74) is 1.17. The Hall–Kier alpha value is -0.560. The van der Waals surface area contributed by atoms with Crippen LogP contribution in [0.1, 0.15) is 38.2 Å². The minimum absolute atomic E-state index is 0.524. The van der Waals surface area contributed by atoms with E-state index < -0.39 is 0 Å². The van der Waals surface area contributed by atoms with E-state index in [1.54, 1.807) is 6.20 Å². The molecule has 0 aromatic carbocycles. The Kier molecular flexibility index (Phi) is 3.54. The van der Waals surface area contributed by atoms with Crippen LogP contribution in [0.4, 0.5) is 0 Å². The Balaban J connectivity index is 2.79. The van der Waals surface area contributed by atoms with Crippen LogP contribution in [0.3, 0.4) is 0 Å². The number of hydrogen-bond donors (Lipinski definition) is 0. The lowest BCUT2D eigenvalue weighted by Crippen LogP contribution is -1.94. The van der Waals surface area contributed by atoms with Crippen molar-refractivity contribution in [3.8, 4) is 0 Å². The van der Waals surface area contributed by atoms with E-state index in [1.807, 2.05) is 6.07 Å². The van der Waals surface area contributed by atoms with Gasteiger partial charge >= 0.3 is 0 Å². The zero-order valence-corrected chi connectivity index (χ0v) is 8.30. The topological polar surface area (TPSA) is 12.9 Å². The van der Waals surface area contributed by atoms with E-state index in [0.29, 0.717) is 11.1 Å². The van der Waals surface area contributed by atoms with Crippen molar-refractivity contribution in [3.05, 3.63) is 29.0 Å². The maximum atomic E-state index is 5.94. The minimum Gasteiger partial charge on any atom is -0.244 e. The number of aromatic nitrogens is 1. The average Bonchev–Trinajstić information content (AvgIpc) is 2.05. The summed E-state index contributed by atoms with van der Waals surface area (Å²) in [5.74, 6) is 0.524. The molecule has 0 bridgehead atoms. The highest BCUT2D eigenvalue weighted by Crippen LogP contribution is 2.25. The van der Waals surface area contributed by atoms with Crippen molar-refractivity contribution in [2.24, 2.45) is 0 Å². The van der Waals surface area contributed by atoms with Gasteiger partial charge in [0.2, 0.25) is 0 Å². The van der Waals surface area contributed by atoms with Crippen LogP contribution in [0.15, 0.2) is 18.3 Å². The summed E-state index contributed by atoms with van der Waals surface area (Å²) >= 11 is 5.94. The van der Waals surface area contributed by atoms with Gasteiger partial charge in [0.05, 0.1) is 0 Å². The molecule has 0 amide bonds. The molecule has 2 heteroatoms. The molecule has 0 aliphatic carbocycles. The standard InChI is InChI=1S/C10H14ClN/c1-3-5-8(2)9-6-4-7-12-10(9)11/h4,6-8H,3,5H2,1-2H3. The third kappa shape index (κ3) is 2.21. The number of hydrogen-bond acceptors (Lipinski definition) is 1. The average molecular weight is 184 g/mol. The Morgan fingerprint density at radius 3 is 2.92 bits per heavy atom. The van der Waals surface area contributed by atoms with E-state index in [0.717, 1.165) is 0 Å². The summed E-state index contributed by atoms with van der Waals surface area (Å²) in [5, 5.41) is 0.651. The van der Waals surface area contributed by atoms with Gasteiger partial charge in [-0.2, -0.15) is 0 Å². The molecular formula is C10H14ClN. The van der Waals surface area contributed by atoms with Crippen LogP contribution in [0.2, 0.25) is 5.15 Å². The van der Waals surface area contributed by atoms with E-state index in [4.69, 9.17) is 11.6 Å². The van der Waals surface area contributed by atoms with Gasteiger partial charge in [-0.05, 0) is 24.0 Å². The molecule has 1 unspecified atom stereocenters. The van der Waals surface area contributed by atoms with Gasteiger partial charge in [-0.3, -0.25) is 0 Å². The molecule has 66 valence electrons. The maximum Gasteiger partial charge on any atom is 0.132 e. The van der Waals surface area contributed by atoms with Crippen LogP contribution in [0.5, 0.6) is 0 Å². The number of rotatable bonds is 3. The lowest BCUT2D eigenvalue weighted by Gasteiger charge is -2.10. The first-order chi connectivity index (χ1) is 5.75. The fourth-order valence-electron chi connectivity index (χ4n) is 1.35. The number of halogens is 1. The van der Waals surface area contributed by atoms with Crippen LogP contribution in [0, 0.1) is 0 Å². The molecule has 1 rings (SSSR count). The van der Waals surface area contributed by atoms with Crippen molar-refractivity contribution in [1.82, 2.24) is 4.98 Å². The van der Waals surface area contributed by atoms with Crippen molar-refractivity contribution in [2.45, 2.75) is 32.6 Å². The molecule has 1 nitrogen and oxygen atoms in total. The van der Waals surface area contributed by atoms with Crippen LogP contribution in [0.25, 0.3) is 0 Å². The third-order valence-electron chi connectivity index (χ3n) is 2.04. The van der Waals surface area contributed by atoms with E-state index in [9.17, 15) is 0 Å². The first-order valence-electron chi connectivity index (χ1n) is 4.36. The van der Waals surface area contributed by atoms with Gasteiger partial charge in [-0.1, -0.05) is 37.9 Å².